The molecule has 2 amide bonds. The molecule has 5 aromatic rings. The molecule has 5 aliphatic carbocycles. The number of halogens is 1. The largest absolute Gasteiger partial charge is 0.466 e. The molecule has 0 spiro atoms. The summed E-state index contributed by atoms with van der Waals surface area (Å²) in [6.45, 7) is 46.5. The number of nitrogens with zero attached hydrogens (tertiary/aromatic N) is 9. The molecule has 10 atom stereocenters. The summed E-state index contributed by atoms with van der Waals surface area (Å²) in [5, 5.41) is 14.2. The first-order chi connectivity index (χ1) is 56.0. The molecule has 654 valence electrons. The lowest BCUT2D eigenvalue weighted by atomic mass is 10.1. The average molecular weight is 1690 g/mol. The molecule has 2 aromatic heterocycles. The van der Waals surface area contributed by atoms with Crippen molar-refractivity contribution in [2.45, 2.75) is 183 Å². The fourth-order valence-electron chi connectivity index (χ4n) is 16.5. The summed E-state index contributed by atoms with van der Waals surface area (Å²) in [6, 6.07) is 31.3. The number of hydrogen-bond donors (Lipinski definition) is 2. The molecule has 0 bridgehead atoms. The van der Waals surface area contributed by atoms with Gasteiger partial charge >= 0.3 is 42.0 Å². The highest BCUT2D eigenvalue weighted by Crippen LogP contribution is 2.61. The van der Waals surface area contributed by atoms with Gasteiger partial charge in [0, 0.05) is 104 Å². The van der Waals surface area contributed by atoms with Crippen LogP contribution in [-0.2, 0) is 92.3 Å². The smallest absolute Gasteiger partial charge is 0.410 e. The molecule has 5 saturated heterocycles. The summed E-state index contributed by atoms with van der Waals surface area (Å²) >= 11 is 0. The molecule has 30 heteroatoms. The van der Waals surface area contributed by atoms with E-state index in [4.69, 9.17) is 42.2 Å². The molecule has 16 rings (SSSR count). The number of nitrogens with one attached hydrogen (secondary N) is 2. The molecule has 3 aromatic carbocycles. The van der Waals surface area contributed by atoms with Gasteiger partial charge in [0.05, 0.1) is 74.9 Å². The zero-order chi connectivity index (χ0) is 85.9. The van der Waals surface area contributed by atoms with E-state index in [1.807, 2.05) is 107 Å². The lowest BCUT2D eigenvalue weighted by Gasteiger charge is -2.28. The summed E-state index contributed by atoms with van der Waals surface area (Å²) in [5.74, 6) is 6.33. The molecule has 6 aliphatic heterocycles. The lowest BCUT2D eigenvalue weighted by Crippen LogP contribution is -2.40. The molecular formula is C89H130ClN11O17Si. The summed E-state index contributed by atoms with van der Waals surface area (Å²) in [6.07, 6.45) is 12.3. The predicted octanol–water partition coefficient (Wildman–Crippen LogP) is 11.7. The van der Waals surface area contributed by atoms with Crippen molar-refractivity contribution in [2.75, 3.05) is 132 Å². The van der Waals surface area contributed by atoms with E-state index < -0.39 is 30.7 Å². The number of esters is 5. The Labute approximate surface area is 710 Å². The van der Waals surface area contributed by atoms with E-state index in [2.05, 4.69) is 143 Å². The maximum atomic E-state index is 12.0. The Morgan fingerprint density at radius 2 is 1.01 bits per heavy atom. The fourth-order valence-corrected chi connectivity index (χ4v) is 18.1. The number of carbonyl (C=O) groups excluding carboxylic acids is 7. The molecular weight excluding hydrogens is 1560 g/mol. The van der Waals surface area contributed by atoms with Gasteiger partial charge in [-0.2, -0.15) is 9.97 Å². The minimum Gasteiger partial charge on any atom is -0.466 e. The maximum absolute atomic E-state index is 12.0. The van der Waals surface area contributed by atoms with Crippen molar-refractivity contribution in [1.82, 2.24) is 55.4 Å². The number of rotatable bonds is 21. The van der Waals surface area contributed by atoms with Gasteiger partial charge in [-0.05, 0) is 188 Å². The van der Waals surface area contributed by atoms with Crippen LogP contribution in [0, 0.1) is 72.0 Å². The fraction of sp³-hybridized carbons (Fsp3) is 0.629. The van der Waals surface area contributed by atoms with Crippen molar-refractivity contribution < 1.29 is 80.5 Å². The van der Waals surface area contributed by atoms with Crippen LogP contribution < -0.4 is 10.6 Å². The van der Waals surface area contributed by atoms with Crippen LogP contribution in [0.25, 0.3) is 0 Å². The van der Waals surface area contributed by atoms with Crippen LogP contribution in [0.2, 0.25) is 19.6 Å². The highest BCUT2D eigenvalue weighted by molar-refractivity contribution is 6.76. The van der Waals surface area contributed by atoms with E-state index in [1.165, 1.54) is 29.3 Å². The molecule has 11 aliphatic rings. The summed E-state index contributed by atoms with van der Waals surface area (Å²) in [5.41, 5.74) is 3.18. The first-order valence-electron chi connectivity index (χ1n) is 41.8. The van der Waals surface area contributed by atoms with Gasteiger partial charge in [0.15, 0.2) is 11.6 Å². The molecule has 10 unspecified atom stereocenters. The quantitative estimate of drug-likeness (QED) is 0.0172. The topological polar surface area (TPSA) is 311 Å². The van der Waals surface area contributed by atoms with Crippen molar-refractivity contribution in [3.63, 3.8) is 0 Å². The molecule has 5 saturated carbocycles. The van der Waals surface area contributed by atoms with Gasteiger partial charge in [0.1, 0.15) is 11.2 Å². The number of fused-ring (bicyclic) bond motifs is 5. The van der Waals surface area contributed by atoms with E-state index in [9.17, 15) is 33.6 Å². The van der Waals surface area contributed by atoms with Gasteiger partial charge in [-0.25, -0.2) is 19.2 Å². The van der Waals surface area contributed by atoms with Gasteiger partial charge in [0.2, 0.25) is 11.8 Å². The number of benzene rings is 3. The molecule has 0 radical (unpaired) electrons. The summed E-state index contributed by atoms with van der Waals surface area (Å²) in [7, 11) is 0.701. The number of terminal acetylenes is 1. The second-order valence-electron chi connectivity index (χ2n) is 35.8. The van der Waals surface area contributed by atoms with Crippen molar-refractivity contribution in [3.8, 4) is 12.3 Å². The maximum Gasteiger partial charge on any atom is 0.410 e. The summed E-state index contributed by atoms with van der Waals surface area (Å²) < 4.78 is 51.0. The number of aryl methyl sites for hydroxylation is 2. The van der Waals surface area contributed by atoms with Crippen molar-refractivity contribution in [1.29, 1.82) is 0 Å². The van der Waals surface area contributed by atoms with Crippen LogP contribution in [0.5, 0.6) is 0 Å². The van der Waals surface area contributed by atoms with E-state index in [0.717, 1.165) is 128 Å². The second-order valence-corrected chi connectivity index (χ2v) is 41.2. The predicted molar refractivity (Wildman–Crippen MR) is 453 cm³/mol. The van der Waals surface area contributed by atoms with Crippen LogP contribution in [0.15, 0.2) is 112 Å². The van der Waals surface area contributed by atoms with E-state index in [0.29, 0.717) is 88.7 Å². The second kappa shape index (κ2) is 42.3. The minimum absolute atomic E-state index is 0. The number of likely N-dealkylation sites (tertiary alicyclic amines) is 3. The van der Waals surface area contributed by atoms with Crippen LogP contribution in [0.3, 0.4) is 0 Å². The Kier molecular flexibility index (Phi) is 34.0. The highest BCUT2D eigenvalue weighted by Gasteiger charge is 2.69. The van der Waals surface area contributed by atoms with Crippen molar-refractivity contribution >= 4 is 62.5 Å². The Hall–Kier alpha value is -8.60. The van der Waals surface area contributed by atoms with Crippen molar-refractivity contribution in [3.05, 3.63) is 143 Å². The van der Waals surface area contributed by atoms with Crippen molar-refractivity contribution in [2.24, 2.45) is 45.8 Å². The normalized spacial score (nSPS) is 25.5. The van der Waals surface area contributed by atoms with E-state index >= 15 is 0 Å². The molecule has 10 fully saturated rings. The van der Waals surface area contributed by atoms with Gasteiger partial charge in [-0.3, -0.25) is 29.1 Å². The lowest BCUT2D eigenvalue weighted by molar-refractivity contribution is -0.150. The average Bonchev–Trinajstić information content (AvgIpc) is 1.56. The zero-order valence-corrected chi connectivity index (χ0v) is 75.0. The van der Waals surface area contributed by atoms with Gasteiger partial charge in [-0.15, -0.1) is 18.8 Å². The van der Waals surface area contributed by atoms with Crippen LogP contribution >= 0.6 is 12.4 Å². The van der Waals surface area contributed by atoms with Crippen LogP contribution in [-0.4, -0.2) is 238 Å². The highest BCUT2D eigenvalue weighted by atomic mass is 35.5. The molecule has 2 N–H and O–H groups in total. The van der Waals surface area contributed by atoms with Crippen LogP contribution in [0.4, 0.5) is 9.59 Å². The standard InChI is InChI=1S/C15H19NO2.C14H17NO2.C13H19N3O3.C13H21NO4.C13H23NOSi.C8H11N3O.C8H13NO2.C5H6O2.ClH/c1-2-18-14(17)15-8-13(15)10-16(11-15)9-12-6-4-3-5-7-12;1-2-17-14(16)13-8-9-15(11-13)10-12-6-4-3-5-7-12;1-8-14-10(19-15-8)13-5-9(13)6-16(7-13)11(17)18-12(2,3)4;1-5-17-10(15)13-6-9(13)7-14(8-13)11(16)18-12(2,3)4;1-15-11-14(12-16(2,3)4)10-13-8-6-5-7-9-13;1-5-10-7(12-11-5)8-2-6(8)3-9-4-8;1-2-11-7(10)8-3-6(8)4-9-5-8;1-3-5(6)7-4-2;/h3-7,13H,2,8-11H2,1H3;3-8H,2,9-11H2,1H3;9H,5-7H2,1-4H3;9H,5-8H2,1-4H3;5-9H,10-12H2,1-4H3;6,9H,2-4H2,1H3;6,9H,2-5H2,1H3;1H,4H2,2H3;1H. The van der Waals surface area contributed by atoms with E-state index in [-0.39, 0.29) is 76.0 Å². The SMILES string of the molecule is C#CC(=O)OCC.CCOC(=O)C12CC1CN(C(=O)OC(C)(C)C)C2.CCOC(=O)C12CC1CN(Cc1ccccc1)C2.CCOC(=O)C12CNCC1C2.CCOC(=O)C1=CCN(Cc2ccccc2)C1.COCN(Cc1ccccc1)C[Si](C)(C)C.Cc1noc(C23CC2CN(C(=O)OC(C)(C)C)C3)n1.Cc1noc(C23CNCC2C3)n1.Cl. The number of ether oxygens (including phenoxy) is 8. The number of amides is 2. The van der Waals surface area contributed by atoms with Crippen LogP contribution in [0.1, 0.15) is 148 Å². The van der Waals surface area contributed by atoms with Gasteiger partial charge in [-0.1, -0.05) is 127 Å². The Balaban J connectivity index is 0.000000171. The first kappa shape index (κ1) is 95.9. The third-order valence-electron chi connectivity index (χ3n) is 22.6. The zero-order valence-electron chi connectivity index (χ0n) is 73.2. The minimum atomic E-state index is -1.07. The van der Waals surface area contributed by atoms with E-state index in [1.54, 1.807) is 36.7 Å². The number of hydrogen-bond acceptors (Lipinski definition) is 26. The Morgan fingerprint density at radius 3 is 1.45 bits per heavy atom. The van der Waals surface area contributed by atoms with Gasteiger partial charge in [0.25, 0.3) is 0 Å². The number of aromatic nitrogens is 4. The summed E-state index contributed by atoms with van der Waals surface area (Å²) in [4.78, 5) is 99.6. The number of piperidine rings is 5. The monoisotopic (exact) mass is 1690 g/mol. The third-order valence-corrected chi connectivity index (χ3v) is 24.0. The number of carbonyl (C=O) groups is 7. The third kappa shape index (κ3) is 26.7. The molecule has 119 heavy (non-hydrogen) atoms. The number of methoxy groups -OCH3 is 1. The van der Waals surface area contributed by atoms with Gasteiger partial charge < -0.3 is 67.4 Å². The molecule has 28 nitrogen and oxygen atoms in total. The molecule has 8 heterocycles. The first-order valence-corrected chi connectivity index (χ1v) is 45.5. The Bertz CT molecular complexity index is 4230. The Morgan fingerprint density at radius 1 is 0.555 bits per heavy atom.